The third-order valence-corrected chi connectivity index (χ3v) is 0. The van der Waals surface area contributed by atoms with E-state index >= 15 is 0 Å². The van der Waals surface area contributed by atoms with Crippen LogP contribution in [0.15, 0.2) is 0 Å². The number of hydrogen-bond donors (Lipinski definition) is 1. The van der Waals surface area contributed by atoms with Crippen molar-refractivity contribution in [1.29, 1.82) is 0 Å². The van der Waals surface area contributed by atoms with Crippen molar-refractivity contribution in [3.05, 3.63) is 0 Å². The molecule has 0 aromatic rings. The third kappa shape index (κ3) is 241000. The molecule has 2 N–H and O–H groups in total. The average molecular weight is 145 g/mol. The maximum absolute atomic E-state index is 5.35. The summed E-state index contributed by atoms with van der Waals surface area (Å²) in [6.07, 6.45) is 0. The summed E-state index contributed by atoms with van der Waals surface area (Å²) in [5, 5.41) is 0. The van der Waals surface area contributed by atoms with Crippen LogP contribution in [0.2, 0.25) is 0 Å². The molecule has 0 spiro atoms. The van der Waals surface area contributed by atoms with E-state index in [2.05, 4.69) is 27.7 Å². The van der Waals surface area contributed by atoms with Gasteiger partial charge in [-0.15, -0.1) is 0 Å². The van der Waals surface area contributed by atoms with Crippen LogP contribution in [0, 0.1) is 5.41 Å². The summed E-state index contributed by atoms with van der Waals surface area (Å²) in [6.45, 7) is 14.6. The van der Waals surface area contributed by atoms with Gasteiger partial charge in [0, 0.05) is 5.54 Å². The first-order valence-corrected chi connectivity index (χ1v) is 3.79. The first-order chi connectivity index (χ1) is 4.00. The molecule has 0 aromatic carbocycles. The lowest BCUT2D eigenvalue weighted by Crippen LogP contribution is -2.26. The van der Waals surface area contributed by atoms with Crippen LogP contribution in [-0.2, 0) is 0 Å². The zero-order valence-corrected chi connectivity index (χ0v) is 8.58. The monoisotopic (exact) mass is 145 g/mol. The van der Waals surface area contributed by atoms with Gasteiger partial charge in [0.05, 0.1) is 0 Å². The van der Waals surface area contributed by atoms with Crippen molar-refractivity contribution < 1.29 is 0 Å². The SMILES string of the molecule is CC(C)(C)C.CC(C)(C)N. The molecule has 0 saturated heterocycles. The largest absolute Gasteiger partial charge is 0.326 e. The summed E-state index contributed by atoms with van der Waals surface area (Å²) in [5.41, 5.74) is 5.85. The average Bonchev–Trinajstić information content (AvgIpc) is 1.12. The van der Waals surface area contributed by atoms with Crippen LogP contribution in [0.5, 0.6) is 0 Å². The van der Waals surface area contributed by atoms with E-state index in [0.717, 1.165) is 0 Å². The van der Waals surface area contributed by atoms with Gasteiger partial charge < -0.3 is 5.73 Å². The topological polar surface area (TPSA) is 26.0 Å². The Morgan fingerprint density at radius 2 is 0.700 bits per heavy atom. The highest BCUT2D eigenvalue weighted by Crippen LogP contribution is 2.08. The van der Waals surface area contributed by atoms with Gasteiger partial charge in [-0.1, -0.05) is 27.7 Å². The van der Waals surface area contributed by atoms with Crippen molar-refractivity contribution in [1.82, 2.24) is 0 Å². The third-order valence-electron chi connectivity index (χ3n) is 0. The van der Waals surface area contributed by atoms with Crippen molar-refractivity contribution in [3.8, 4) is 0 Å². The van der Waals surface area contributed by atoms with Crippen LogP contribution in [0.25, 0.3) is 0 Å². The molecule has 0 rings (SSSR count). The van der Waals surface area contributed by atoms with Gasteiger partial charge in [0.25, 0.3) is 0 Å². The molecule has 0 aliphatic rings. The summed E-state index contributed by atoms with van der Waals surface area (Å²) in [5.74, 6) is 0. The zero-order chi connectivity index (χ0) is 9.00. The van der Waals surface area contributed by atoms with Crippen LogP contribution in [0.1, 0.15) is 48.5 Å². The second kappa shape index (κ2) is 3.97. The van der Waals surface area contributed by atoms with E-state index in [0.29, 0.717) is 5.41 Å². The van der Waals surface area contributed by atoms with Crippen LogP contribution in [0.3, 0.4) is 0 Å². The molecule has 0 aliphatic carbocycles. The number of hydrogen-bond acceptors (Lipinski definition) is 1. The molecule has 64 valence electrons. The highest BCUT2D eigenvalue weighted by atomic mass is 14.7. The van der Waals surface area contributed by atoms with E-state index in [9.17, 15) is 0 Å². The van der Waals surface area contributed by atoms with E-state index in [1.807, 2.05) is 20.8 Å². The lowest BCUT2D eigenvalue weighted by molar-refractivity contribution is 0.469. The maximum Gasteiger partial charge on any atom is 0.00686 e. The van der Waals surface area contributed by atoms with Crippen molar-refractivity contribution in [3.63, 3.8) is 0 Å². The summed E-state index contributed by atoms with van der Waals surface area (Å²) >= 11 is 0. The fraction of sp³-hybridized carbons (Fsp3) is 1.00. The van der Waals surface area contributed by atoms with Gasteiger partial charge in [-0.25, -0.2) is 0 Å². The van der Waals surface area contributed by atoms with Crippen LogP contribution < -0.4 is 5.73 Å². The second-order valence-corrected chi connectivity index (χ2v) is 5.37. The van der Waals surface area contributed by atoms with E-state index in [1.165, 1.54) is 0 Å². The molecule has 1 heteroatoms. The van der Waals surface area contributed by atoms with Crippen LogP contribution in [-0.4, -0.2) is 5.54 Å². The van der Waals surface area contributed by atoms with Gasteiger partial charge in [0.15, 0.2) is 0 Å². The van der Waals surface area contributed by atoms with Crippen molar-refractivity contribution >= 4 is 0 Å². The molecule has 0 heterocycles. The fourth-order valence-electron chi connectivity index (χ4n) is 0. The molecular weight excluding hydrogens is 122 g/mol. The van der Waals surface area contributed by atoms with Gasteiger partial charge in [-0.3, -0.25) is 0 Å². The lowest BCUT2D eigenvalue weighted by atomic mass is 10.0. The molecule has 0 bridgehead atoms. The molecule has 0 radical (unpaired) electrons. The molecule has 0 fully saturated rings. The predicted molar refractivity (Wildman–Crippen MR) is 49.1 cm³/mol. The van der Waals surface area contributed by atoms with E-state index in [-0.39, 0.29) is 5.54 Å². The molecule has 1 nitrogen and oxygen atoms in total. The van der Waals surface area contributed by atoms with Crippen molar-refractivity contribution in [2.45, 2.75) is 54.0 Å². The zero-order valence-electron chi connectivity index (χ0n) is 8.58. The van der Waals surface area contributed by atoms with Crippen molar-refractivity contribution in [2.75, 3.05) is 0 Å². The summed E-state index contributed by atoms with van der Waals surface area (Å²) in [7, 11) is 0. The Kier molecular flexibility index (Phi) is 5.01. The maximum atomic E-state index is 5.35. The fourth-order valence-corrected chi connectivity index (χ4v) is 0. The molecule has 0 saturated carbocycles. The Morgan fingerprint density at radius 3 is 0.700 bits per heavy atom. The molecule has 0 atom stereocenters. The lowest BCUT2D eigenvalue weighted by Gasteiger charge is -2.06. The summed E-state index contributed by atoms with van der Waals surface area (Å²) < 4.78 is 0. The number of nitrogens with two attached hydrogens (primary N) is 1. The van der Waals surface area contributed by atoms with Crippen LogP contribution in [0.4, 0.5) is 0 Å². The van der Waals surface area contributed by atoms with Gasteiger partial charge >= 0.3 is 0 Å². The van der Waals surface area contributed by atoms with Crippen molar-refractivity contribution in [2.24, 2.45) is 11.1 Å². The minimum Gasteiger partial charge on any atom is -0.326 e. The minimum atomic E-state index is 0. The first kappa shape index (κ1) is 12.6. The minimum absolute atomic E-state index is 0. The highest BCUT2D eigenvalue weighted by Gasteiger charge is 1.96. The molecule has 0 aliphatic heterocycles. The van der Waals surface area contributed by atoms with Crippen LogP contribution >= 0.6 is 0 Å². The quantitative estimate of drug-likeness (QED) is 0.557. The van der Waals surface area contributed by atoms with Gasteiger partial charge in [0.2, 0.25) is 0 Å². The standard InChI is InChI=1S/C5H12.C4H11N/c1-5(2,3)4;1-4(2,3)5/h1-4H3;5H2,1-3H3. The number of rotatable bonds is 0. The Labute approximate surface area is 66.0 Å². The summed E-state index contributed by atoms with van der Waals surface area (Å²) in [6, 6.07) is 0. The molecular formula is C9H23N. The van der Waals surface area contributed by atoms with E-state index in [4.69, 9.17) is 5.73 Å². The Morgan fingerprint density at radius 1 is 0.700 bits per heavy atom. The Hall–Kier alpha value is -0.0400. The van der Waals surface area contributed by atoms with Gasteiger partial charge in [-0.2, -0.15) is 0 Å². The molecule has 10 heavy (non-hydrogen) atoms. The smallest absolute Gasteiger partial charge is 0.00686 e. The molecule has 0 amide bonds. The normalized spacial score (nSPS) is 12.0. The molecule has 0 unspecified atom stereocenters. The van der Waals surface area contributed by atoms with Gasteiger partial charge in [-0.05, 0) is 26.2 Å². The molecule has 0 aromatic heterocycles. The van der Waals surface area contributed by atoms with Gasteiger partial charge in [0.1, 0.15) is 0 Å². The Balaban J connectivity index is 0. The van der Waals surface area contributed by atoms with E-state index in [1.54, 1.807) is 0 Å². The highest BCUT2D eigenvalue weighted by molar-refractivity contribution is 4.60. The first-order valence-electron chi connectivity index (χ1n) is 3.79. The Bertz CT molecular complexity index is 47.7. The van der Waals surface area contributed by atoms with E-state index < -0.39 is 0 Å². The summed E-state index contributed by atoms with van der Waals surface area (Å²) in [4.78, 5) is 0. The predicted octanol–water partition coefficient (Wildman–Crippen LogP) is 2.80. The second-order valence-electron chi connectivity index (χ2n) is 5.37.